The summed E-state index contributed by atoms with van der Waals surface area (Å²) in [4.78, 5) is 13.1. The third-order valence-corrected chi connectivity index (χ3v) is 9.93. The number of anilines is 3. The maximum atomic E-state index is 13.6. The van der Waals surface area contributed by atoms with Gasteiger partial charge in [-0.15, -0.1) is 0 Å². The van der Waals surface area contributed by atoms with E-state index in [0.29, 0.717) is 11.4 Å². The number of halogens is 1. The second-order valence-corrected chi connectivity index (χ2v) is 13.5. The highest BCUT2D eigenvalue weighted by Crippen LogP contribution is 2.32. The number of nitrogens with one attached hydrogen (secondary N) is 2. The normalized spacial score (nSPS) is 11.5. The molecule has 42 heavy (non-hydrogen) atoms. The van der Waals surface area contributed by atoms with Gasteiger partial charge >= 0.3 is 0 Å². The number of hydrogen-bond acceptors (Lipinski definition) is 6. The van der Waals surface area contributed by atoms with Crippen molar-refractivity contribution in [3.63, 3.8) is 0 Å². The predicted octanol–water partition coefficient (Wildman–Crippen LogP) is 5.91. The lowest BCUT2D eigenvalue weighted by Gasteiger charge is -2.24. The molecule has 4 aromatic rings. The van der Waals surface area contributed by atoms with E-state index in [4.69, 9.17) is 16.3 Å². The number of hydrogen-bond donors (Lipinski definition) is 2. The maximum absolute atomic E-state index is 13.6. The highest BCUT2D eigenvalue weighted by Gasteiger charge is 2.28. The molecule has 12 heteroatoms. The molecule has 0 spiro atoms. The zero-order chi connectivity index (χ0) is 30.7. The second kappa shape index (κ2) is 12.4. The van der Waals surface area contributed by atoms with Gasteiger partial charge in [0.25, 0.3) is 20.0 Å². The van der Waals surface area contributed by atoms with Gasteiger partial charge in [-0.25, -0.2) is 16.8 Å². The van der Waals surface area contributed by atoms with Crippen LogP contribution in [-0.2, 0) is 24.8 Å². The number of nitrogens with zero attached hydrogens (tertiary/aromatic N) is 1. The van der Waals surface area contributed by atoms with Gasteiger partial charge in [-0.05, 0) is 86.5 Å². The summed E-state index contributed by atoms with van der Waals surface area (Å²) in [7, 11) is -6.63. The number of benzene rings is 4. The molecule has 0 saturated heterocycles. The minimum Gasteiger partial charge on any atom is -0.495 e. The summed E-state index contributed by atoms with van der Waals surface area (Å²) >= 11 is 6.28. The van der Waals surface area contributed by atoms with Crippen molar-refractivity contribution in [1.29, 1.82) is 0 Å². The van der Waals surface area contributed by atoms with Crippen molar-refractivity contribution in [2.75, 3.05) is 28.0 Å². The van der Waals surface area contributed by atoms with Crippen LogP contribution in [0.15, 0.2) is 94.7 Å². The van der Waals surface area contributed by atoms with E-state index in [0.717, 1.165) is 21.0 Å². The highest BCUT2D eigenvalue weighted by molar-refractivity contribution is 7.93. The molecular weight excluding hydrogens is 598 g/mol. The summed E-state index contributed by atoms with van der Waals surface area (Å²) in [6.07, 6.45) is 0. The topological polar surface area (TPSA) is 122 Å². The zero-order valence-corrected chi connectivity index (χ0v) is 25.8. The van der Waals surface area contributed by atoms with Gasteiger partial charge < -0.3 is 10.1 Å². The van der Waals surface area contributed by atoms with Crippen LogP contribution < -0.4 is 19.1 Å². The van der Waals surface area contributed by atoms with Crippen LogP contribution in [0.25, 0.3) is 0 Å². The lowest BCUT2D eigenvalue weighted by molar-refractivity contribution is -0.114. The Bertz CT molecular complexity index is 1810. The molecule has 9 nitrogen and oxygen atoms in total. The van der Waals surface area contributed by atoms with E-state index in [-0.39, 0.29) is 26.2 Å². The van der Waals surface area contributed by atoms with Gasteiger partial charge in [0.15, 0.2) is 0 Å². The first-order valence-corrected chi connectivity index (χ1v) is 16.0. The Labute approximate surface area is 251 Å². The number of ether oxygens (including phenoxy) is 1. The quantitative estimate of drug-likeness (QED) is 0.225. The number of carbonyl (C=O) groups is 1. The summed E-state index contributed by atoms with van der Waals surface area (Å²) in [6, 6.07) is 21.7. The monoisotopic (exact) mass is 627 g/mol. The fourth-order valence-corrected chi connectivity index (χ4v) is 7.05. The molecule has 0 fully saturated rings. The van der Waals surface area contributed by atoms with Gasteiger partial charge in [0.1, 0.15) is 12.3 Å². The fraction of sp³-hybridized carbons (Fsp3) is 0.167. The summed E-state index contributed by atoms with van der Waals surface area (Å²) in [5.41, 5.74) is 3.39. The van der Waals surface area contributed by atoms with E-state index >= 15 is 0 Å². The van der Waals surface area contributed by atoms with E-state index in [1.165, 1.54) is 61.7 Å². The SMILES string of the molecule is COc1ccc(N(CC(=O)Nc2ccc(S(=O)(=O)Nc3c(C)cccc3C)cc2)S(=O)(=O)c2ccc(C)cc2)cc1Cl. The molecule has 0 saturated carbocycles. The Hall–Kier alpha value is -4.06. The average Bonchev–Trinajstić information content (AvgIpc) is 2.94. The summed E-state index contributed by atoms with van der Waals surface area (Å²) < 4.78 is 62.0. The molecule has 0 unspecified atom stereocenters. The number of amides is 1. The first-order chi connectivity index (χ1) is 19.8. The molecule has 4 aromatic carbocycles. The molecule has 0 heterocycles. The number of aryl methyl sites for hydroxylation is 3. The van der Waals surface area contributed by atoms with Gasteiger partial charge in [-0.2, -0.15) is 0 Å². The van der Waals surface area contributed by atoms with Gasteiger partial charge in [-0.3, -0.25) is 13.8 Å². The van der Waals surface area contributed by atoms with E-state index in [1.54, 1.807) is 12.1 Å². The fourth-order valence-electron chi connectivity index (χ4n) is 4.18. The van der Waals surface area contributed by atoms with Crippen molar-refractivity contribution < 1.29 is 26.4 Å². The van der Waals surface area contributed by atoms with Crippen molar-refractivity contribution in [1.82, 2.24) is 0 Å². The molecule has 220 valence electrons. The van der Waals surface area contributed by atoms with Gasteiger partial charge in [0.2, 0.25) is 5.91 Å². The third-order valence-electron chi connectivity index (χ3n) is 6.49. The van der Waals surface area contributed by atoms with Crippen molar-refractivity contribution in [3.8, 4) is 5.75 Å². The number of carbonyl (C=O) groups excluding carboxylic acids is 1. The van der Waals surface area contributed by atoms with Crippen molar-refractivity contribution >= 4 is 54.6 Å². The minimum absolute atomic E-state index is 0.000368. The van der Waals surface area contributed by atoms with Crippen LogP contribution in [0.1, 0.15) is 16.7 Å². The van der Waals surface area contributed by atoms with Crippen molar-refractivity contribution in [2.24, 2.45) is 0 Å². The van der Waals surface area contributed by atoms with Gasteiger partial charge in [-0.1, -0.05) is 47.5 Å². The maximum Gasteiger partial charge on any atom is 0.264 e. The Balaban J connectivity index is 1.57. The Morgan fingerprint density at radius 2 is 1.43 bits per heavy atom. The molecular formula is C30H30ClN3O6S2. The number of sulfonamides is 2. The molecule has 0 radical (unpaired) electrons. The minimum atomic E-state index is -4.17. The smallest absolute Gasteiger partial charge is 0.264 e. The van der Waals surface area contributed by atoms with E-state index in [9.17, 15) is 21.6 Å². The van der Waals surface area contributed by atoms with Crippen molar-refractivity contribution in [2.45, 2.75) is 30.6 Å². The molecule has 0 atom stereocenters. The van der Waals surface area contributed by atoms with Crippen LogP contribution in [-0.4, -0.2) is 36.4 Å². The zero-order valence-electron chi connectivity index (χ0n) is 23.4. The lowest BCUT2D eigenvalue weighted by atomic mass is 10.1. The van der Waals surface area contributed by atoms with E-state index < -0.39 is 32.5 Å². The third kappa shape index (κ3) is 6.87. The van der Waals surface area contributed by atoms with Crippen LogP contribution >= 0.6 is 11.6 Å². The van der Waals surface area contributed by atoms with Crippen molar-refractivity contribution in [3.05, 3.63) is 107 Å². The number of methoxy groups -OCH3 is 1. The largest absolute Gasteiger partial charge is 0.495 e. The molecule has 1 amide bonds. The molecule has 0 aliphatic rings. The molecule has 0 aliphatic carbocycles. The predicted molar refractivity (Wildman–Crippen MR) is 166 cm³/mol. The van der Waals surface area contributed by atoms with Crippen LogP contribution in [0.4, 0.5) is 17.1 Å². The van der Waals surface area contributed by atoms with Crippen LogP contribution in [0.3, 0.4) is 0 Å². The molecule has 0 aliphatic heterocycles. The summed E-state index contributed by atoms with van der Waals surface area (Å²) in [5.74, 6) is -0.304. The Kier molecular flexibility index (Phi) is 9.15. The molecule has 2 N–H and O–H groups in total. The molecule has 0 bridgehead atoms. The van der Waals surface area contributed by atoms with Gasteiger partial charge in [0, 0.05) is 5.69 Å². The van der Waals surface area contributed by atoms with E-state index in [1.807, 2.05) is 39.0 Å². The first-order valence-electron chi connectivity index (χ1n) is 12.7. The Morgan fingerprint density at radius 3 is 2.00 bits per heavy atom. The highest BCUT2D eigenvalue weighted by atomic mass is 35.5. The second-order valence-electron chi connectivity index (χ2n) is 9.59. The first kappa shape index (κ1) is 30.9. The average molecular weight is 628 g/mol. The lowest BCUT2D eigenvalue weighted by Crippen LogP contribution is -2.38. The number of para-hydroxylation sites is 1. The Morgan fingerprint density at radius 1 is 0.833 bits per heavy atom. The molecule has 4 rings (SSSR count). The van der Waals surface area contributed by atoms with E-state index in [2.05, 4.69) is 10.0 Å². The van der Waals surface area contributed by atoms with Gasteiger partial charge in [0.05, 0.1) is 33.3 Å². The van der Waals surface area contributed by atoms with Crippen LogP contribution in [0.2, 0.25) is 5.02 Å². The van der Waals surface area contributed by atoms with Crippen LogP contribution in [0.5, 0.6) is 5.75 Å². The summed E-state index contributed by atoms with van der Waals surface area (Å²) in [6.45, 7) is 4.88. The standard InChI is InChI=1S/C30H30ClN3O6S2/c1-20-8-13-26(14-9-20)42(38,39)34(24-12-17-28(40-4)27(31)18-24)19-29(35)32-23-10-15-25(16-11-23)41(36,37)33-30-21(2)6-5-7-22(30)3/h5-18,33H,19H2,1-4H3,(H,32,35). The van der Waals surface area contributed by atoms with Crippen LogP contribution in [0, 0.1) is 20.8 Å². The number of rotatable bonds is 10. The summed E-state index contributed by atoms with van der Waals surface area (Å²) in [5, 5.41) is 2.81. The molecule has 0 aromatic heterocycles.